The summed E-state index contributed by atoms with van der Waals surface area (Å²) < 4.78 is 102. The van der Waals surface area contributed by atoms with E-state index in [2.05, 4.69) is 42.5 Å². The highest BCUT2D eigenvalue weighted by molar-refractivity contribution is 8.76. The molecular formula is C33H50F6O3S3. The standard InChI is InChI=1S/C32H46F6O3S2.CH4S/c1-4-5-19-42-43-20-7-17-39-23-9-11-24-22(21-23)8-10-26-25(24)14-15-29(2)27(26)12-13-28(29)40-16-6-18-41-30(3,31(33,34)35)32(36,37)38;1-2/h9,11,21,25-28H,4-8,10,12-20H2,1-3H3;2H,1H3/i1D;. The van der Waals surface area contributed by atoms with Gasteiger partial charge in [-0.25, -0.2) is 0 Å². The Hall–Kier alpha value is -0.430. The minimum absolute atomic E-state index is 0.0338. The highest BCUT2D eigenvalue weighted by atomic mass is 33.1. The van der Waals surface area contributed by atoms with Crippen LogP contribution in [-0.4, -0.2) is 61.6 Å². The lowest BCUT2D eigenvalue weighted by atomic mass is 9.55. The molecule has 0 spiro atoms. The van der Waals surface area contributed by atoms with Crippen LogP contribution < -0.4 is 4.74 Å². The monoisotopic (exact) mass is 705 g/mol. The Morgan fingerprint density at radius 3 is 2.33 bits per heavy atom. The minimum atomic E-state index is -5.55. The van der Waals surface area contributed by atoms with Crippen LogP contribution >= 0.6 is 34.2 Å². The summed E-state index contributed by atoms with van der Waals surface area (Å²) in [6.45, 7) is 2.90. The van der Waals surface area contributed by atoms with Crippen molar-refractivity contribution >= 4 is 34.2 Å². The number of hydrogen-bond donors (Lipinski definition) is 1. The van der Waals surface area contributed by atoms with E-state index in [1.807, 2.05) is 21.6 Å². The summed E-state index contributed by atoms with van der Waals surface area (Å²) in [7, 11) is 3.76. The van der Waals surface area contributed by atoms with E-state index in [9.17, 15) is 26.3 Å². The number of unbranched alkanes of at least 4 members (excludes halogenated alkanes) is 1. The number of aryl methyl sites for hydroxylation is 1. The highest BCUT2D eigenvalue weighted by Gasteiger charge is 2.69. The van der Waals surface area contributed by atoms with Gasteiger partial charge in [-0.3, -0.25) is 0 Å². The van der Waals surface area contributed by atoms with Crippen LogP contribution in [0.1, 0.15) is 97.0 Å². The largest absolute Gasteiger partial charge is 0.494 e. The topological polar surface area (TPSA) is 27.7 Å². The first kappa shape index (κ1) is 37.4. The zero-order chi connectivity index (χ0) is 34.0. The molecular weight excluding hydrogens is 655 g/mol. The third-order valence-corrected chi connectivity index (χ3v) is 12.5. The van der Waals surface area contributed by atoms with Crippen LogP contribution in [0.25, 0.3) is 0 Å². The summed E-state index contributed by atoms with van der Waals surface area (Å²) >= 11 is 3.53. The lowest BCUT2D eigenvalue weighted by Gasteiger charge is -2.50. The fourth-order valence-corrected chi connectivity index (χ4v) is 9.55. The molecule has 2 saturated carbocycles. The van der Waals surface area contributed by atoms with Crippen LogP contribution in [0, 0.1) is 17.3 Å². The molecule has 0 heterocycles. The fraction of sp³-hybridized carbons (Fsp3) is 0.818. The van der Waals surface area contributed by atoms with Gasteiger partial charge in [0.05, 0.1) is 19.3 Å². The van der Waals surface area contributed by atoms with E-state index in [4.69, 9.17) is 10.8 Å². The van der Waals surface area contributed by atoms with Crippen molar-refractivity contribution in [3.63, 3.8) is 0 Å². The third-order valence-electron chi connectivity index (χ3n) is 9.89. The highest BCUT2D eigenvalue weighted by Crippen LogP contribution is 2.61. The number of fused-ring (bicyclic) bond motifs is 5. The Morgan fingerprint density at radius 2 is 1.64 bits per heavy atom. The number of ether oxygens (including phenoxy) is 3. The predicted octanol–water partition coefficient (Wildman–Crippen LogP) is 10.7. The quantitative estimate of drug-likeness (QED) is 0.0849. The van der Waals surface area contributed by atoms with Crippen LogP contribution in [0.3, 0.4) is 0 Å². The molecule has 3 aliphatic rings. The summed E-state index contributed by atoms with van der Waals surface area (Å²) in [6.07, 6.45) is -0.412. The molecule has 0 bridgehead atoms. The Labute approximate surface area is 280 Å². The van der Waals surface area contributed by atoms with Crippen molar-refractivity contribution in [2.24, 2.45) is 17.3 Å². The molecule has 5 atom stereocenters. The number of alkyl halides is 6. The molecule has 3 aliphatic carbocycles. The molecule has 0 aromatic heterocycles. The van der Waals surface area contributed by atoms with Gasteiger partial charge in [-0.15, -0.1) is 0 Å². The molecule has 5 unspecified atom stereocenters. The van der Waals surface area contributed by atoms with Gasteiger partial charge in [0.25, 0.3) is 5.60 Å². The molecule has 4 rings (SSSR count). The second-order valence-corrected chi connectivity index (χ2v) is 15.2. The smallest absolute Gasteiger partial charge is 0.426 e. The van der Waals surface area contributed by atoms with Gasteiger partial charge in [0.15, 0.2) is 0 Å². The molecule has 45 heavy (non-hydrogen) atoms. The molecule has 3 nitrogen and oxygen atoms in total. The van der Waals surface area contributed by atoms with Gasteiger partial charge in [0.2, 0.25) is 0 Å². The van der Waals surface area contributed by atoms with Crippen molar-refractivity contribution in [1.29, 1.82) is 0 Å². The molecule has 0 radical (unpaired) electrons. The SMILES string of the molecule is CS.[2H]CCCCSSCCCOc1ccc2c(c1)CCC1C2CCC2(C)C(OCCCOC(C)(C(F)(F)F)C(F)(F)F)CCC12. The van der Waals surface area contributed by atoms with Crippen LogP contribution in [-0.2, 0) is 15.9 Å². The van der Waals surface area contributed by atoms with Crippen molar-refractivity contribution in [3.8, 4) is 5.75 Å². The lowest BCUT2D eigenvalue weighted by Crippen LogP contribution is -2.56. The number of rotatable bonds is 15. The molecule has 12 heteroatoms. The molecule has 0 aliphatic heterocycles. The second-order valence-electron chi connectivity index (χ2n) is 12.5. The molecule has 260 valence electrons. The van der Waals surface area contributed by atoms with E-state index in [1.165, 1.54) is 11.1 Å². The van der Waals surface area contributed by atoms with Crippen LogP contribution in [0.2, 0.25) is 0 Å². The molecule has 1 aromatic rings. The maximum absolute atomic E-state index is 13.1. The lowest BCUT2D eigenvalue weighted by molar-refractivity contribution is -0.374. The number of thiol groups is 1. The van der Waals surface area contributed by atoms with Gasteiger partial charge in [-0.2, -0.15) is 39.0 Å². The van der Waals surface area contributed by atoms with E-state index < -0.39 is 24.6 Å². The van der Waals surface area contributed by atoms with Crippen molar-refractivity contribution in [1.82, 2.24) is 0 Å². The fourth-order valence-electron chi connectivity index (χ4n) is 7.35. The number of halogens is 6. The maximum atomic E-state index is 13.1. The van der Waals surface area contributed by atoms with Gasteiger partial charge < -0.3 is 14.2 Å². The van der Waals surface area contributed by atoms with Gasteiger partial charge in [-0.05, 0) is 117 Å². The first-order chi connectivity index (χ1) is 21.8. The van der Waals surface area contributed by atoms with Gasteiger partial charge in [0.1, 0.15) is 5.75 Å². The van der Waals surface area contributed by atoms with Crippen LogP contribution in [0.5, 0.6) is 5.75 Å². The van der Waals surface area contributed by atoms with E-state index >= 15 is 0 Å². The molecule has 1 aromatic carbocycles. The Morgan fingerprint density at radius 1 is 0.933 bits per heavy atom. The number of benzene rings is 1. The zero-order valence-electron chi connectivity index (χ0n) is 27.6. The molecule has 2 fully saturated rings. The summed E-state index contributed by atoms with van der Waals surface area (Å²) in [5.74, 6) is 4.59. The van der Waals surface area contributed by atoms with Crippen molar-refractivity contribution < 1.29 is 41.9 Å². The Balaban J connectivity index is 0.00000282. The number of hydrogen-bond acceptors (Lipinski definition) is 6. The summed E-state index contributed by atoms with van der Waals surface area (Å²) in [5, 5.41) is 0. The Kier molecular flexibility index (Phi) is 14.4. The van der Waals surface area contributed by atoms with Crippen molar-refractivity contribution in [3.05, 3.63) is 29.3 Å². The van der Waals surface area contributed by atoms with Crippen LogP contribution in [0.4, 0.5) is 26.3 Å². The average molecular weight is 706 g/mol. The zero-order valence-corrected chi connectivity index (χ0v) is 29.1. The first-order valence-electron chi connectivity index (χ1n) is 16.7. The second kappa shape index (κ2) is 17.3. The minimum Gasteiger partial charge on any atom is -0.494 e. The van der Waals surface area contributed by atoms with E-state index in [0.717, 1.165) is 75.0 Å². The van der Waals surface area contributed by atoms with Crippen LogP contribution in [0.15, 0.2) is 18.2 Å². The van der Waals surface area contributed by atoms with Crippen molar-refractivity contribution in [2.75, 3.05) is 37.6 Å². The molecule has 0 saturated heterocycles. The Bertz CT molecular complexity index is 1050. The summed E-state index contributed by atoms with van der Waals surface area (Å²) in [4.78, 5) is 0. The molecule has 0 amide bonds. The molecule has 0 N–H and O–H groups in total. The third kappa shape index (κ3) is 9.38. The predicted molar refractivity (Wildman–Crippen MR) is 177 cm³/mol. The van der Waals surface area contributed by atoms with Crippen molar-refractivity contribution in [2.45, 2.75) is 115 Å². The van der Waals surface area contributed by atoms with E-state index in [0.29, 0.717) is 31.3 Å². The maximum Gasteiger partial charge on any atom is 0.426 e. The summed E-state index contributed by atoms with van der Waals surface area (Å²) in [5.41, 5.74) is -1.43. The van der Waals surface area contributed by atoms with Gasteiger partial charge in [0, 0.05) is 19.5 Å². The average Bonchev–Trinajstić information content (AvgIpc) is 3.35. The summed E-state index contributed by atoms with van der Waals surface area (Å²) in [6, 6.07) is 6.57. The van der Waals surface area contributed by atoms with Gasteiger partial charge >= 0.3 is 12.4 Å². The first-order valence-corrected chi connectivity index (χ1v) is 19.3. The van der Waals surface area contributed by atoms with E-state index in [-0.39, 0.29) is 31.5 Å². The van der Waals surface area contributed by atoms with Gasteiger partial charge in [-0.1, -0.05) is 47.9 Å². The normalized spacial score (nSPS) is 26.7. The van der Waals surface area contributed by atoms with E-state index in [1.54, 1.807) is 6.26 Å².